The van der Waals surface area contributed by atoms with E-state index in [-0.39, 0.29) is 0 Å². The fourth-order valence-corrected chi connectivity index (χ4v) is 5.83. The molecule has 2 nitrogen and oxygen atoms in total. The second-order valence-electron chi connectivity index (χ2n) is 7.28. The number of carbonyl (C=O) groups excluding carboxylic acids is 1. The summed E-state index contributed by atoms with van der Waals surface area (Å²) in [5.41, 5.74) is 0.519. The molecule has 0 spiro atoms. The van der Waals surface area contributed by atoms with Gasteiger partial charge in [-0.15, -0.1) is 0 Å². The molecule has 17 heavy (non-hydrogen) atoms. The summed E-state index contributed by atoms with van der Waals surface area (Å²) in [6, 6.07) is 0.525. The highest BCUT2D eigenvalue weighted by Crippen LogP contribution is 2.61. The first-order chi connectivity index (χ1) is 8.23. The van der Waals surface area contributed by atoms with Crippen molar-refractivity contribution in [3.05, 3.63) is 0 Å². The Morgan fingerprint density at radius 1 is 1.00 bits per heavy atom. The van der Waals surface area contributed by atoms with E-state index in [0.717, 1.165) is 37.1 Å². The first kappa shape index (κ1) is 10.5. The third-order valence-electron chi connectivity index (χ3n) is 6.05. The quantitative estimate of drug-likeness (QED) is 0.754. The van der Waals surface area contributed by atoms with Crippen LogP contribution in [0.3, 0.4) is 0 Å². The molecule has 4 saturated carbocycles. The van der Waals surface area contributed by atoms with Crippen molar-refractivity contribution in [2.75, 3.05) is 6.54 Å². The van der Waals surface area contributed by atoms with Crippen LogP contribution in [0, 0.1) is 23.2 Å². The topological polar surface area (TPSA) is 29.1 Å². The number of nitrogens with one attached hydrogen (secondary N) is 1. The predicted molar refractivity (Wildman–Crippen MR) is 66.6 cm³/mol. The van der Waals surface area contributed by atoms with Crippen LogP contribution in [-0.2, 0) is 4.79 Å². The molecule has 0 amide bonds. The van der Waals surface area contributed by atoms with Crippen LogP contribution in [0.5, 0.6) is 0 Å². The summed E-state index contributed by atoms with van der Waals surface area (Å²) in [7, 11) is 0. The van der Waals surface area contributed by atoms with Gasteiger partial charge in [-0.05, 0) is 61.7 Å². The van der Waals surface area contributed by atoms with Gasteiger partial charge in [0.1, 0.15) is 5.78 Å². The van der Waals surface area contributed by atoms with Gasteiger partial charge in [0.25, 0.3) is 0 Å². The highest BCUT2D eigenvalue weighted by molar-refractivity contribution is 5.80. The van der Waals surface area contributed by atoms with Crippen LogP contribution in [0.25, 0.3) is 0 Å². The molecule has 1 N–H and O–H groups in total. The molecule has 2 heteroatoms. The van der Waals surface area contributed by atoms with E-state index in [1.165, 1.54) is 38.5 Å². The highest BCUT2D eigenvalue weighted by Gasteiger charge is 2.54. The van der Waals surface area contributed by atoms with Gasteiger partial charge in [-0.25, -0.2) is 0 Å². The Balaban J connectivity index is 1.61. The summed E-state index contributed by atoms with van der Waals surface area (Å²) in [6.07, 6.45) is 10.4. The molecule has 0 radical (unpaired) electrons. The first-order valence-corrected chi connectivity index (χ1v) is 7.49. The monoisotopic (exact) mass is 233 g/mol. The van der Waals surface area contributed by atoms with Gasteiger partial charge in [0.05, 0.1) is 0 Å². The normalized spacial score (nSPS) is 53.1. The Hall–Kier alpha value is -0.370. The Kier molecular flexibility index (Phi) is 2.21. The molecular formula is C15H23NO. The minimum atomic E-state index is 0.504. The second kappa shape index (κ2) is 3.57. The van der Waals surface area contributed by atoms with Crippen molar-refractivity contribution in [1.29, 1.82) is 0 Å². The van der Waals surface area contributed by atoms with E-state index in [1.54, 1.807) is 0 Å². The van der Waals surface area contributed by atoms with Crippen LogP contribution in [0.15, 0.2) is 0 Å². The van der Waals surface area contributed by atoms with Gasteiger partial charge in [-0.1, -0.05) is 0 Å². The van der Waals surface area contributed by atoms with Crippen LogP contribution in [-0.4, -0.2) is 18.4 Å². The van der Waals surface area contributed by atoms with Gasteiger partial charge in [-0.2, -0.15) is 0 Å². The number of Topliss-reactive ketones (excluding diaryl/α,β-unsaturated/α-hetero) is 1. The van der Waals surface area contributed by atoms with Crippen LogP contribution in [0.1, 0.15) is 51.4 Å². The third-order valence-corrected chi connectivity index (χ3v) is 6.05. The summed E-state index contributed by atoms with van der Waals surface area (Å²) in [4.78, 5) is 11.7. The van der Waals surface area contributed by atoms with Crippen molar-refractivity contribution >= 4 is 5.78 Å². The molecule has 1 saturated heterocycles. The zero-order valence-corrected chi connectivity index (χ0v) is 10.6. The Morgan fingerprint density at radius 3 is 2.12 bits per heavy atom. The van der Waals surface area contributed by atoms with E-state index < -0.39 is 0 Å². The number of rotatable bonds is 1. The molecule has 94 valence electrons. The lowest BCUT2D eigenvalue weighted by Crippen LogP contribution is -2.58. The molecule has 1 unspecified atom stereocenters. The maximum absolute atomic E-state index is 11.7. The summed E-state index contributed by atoms with van der Waals surface area (Å²) < 4.78 is 0. The van der Waals surface area contributed by atoms with Crippen molar-refractivity contribution in [2.24, 2.45) is 23.2 Å². The lowest BCUT2D eigenvalue weighted by atomic mass is 9.47. The molecule has 4 bridgehead atoms. The number of piperidine rings is 1. The van der Waals surface area contributed by atoms with Crippen molar-refractivity contribution in [1.82, 2.24) is 5.32 Å². The minimum absolute atomic E-state index is 0.504. The summed E-state index contributed by atoms with van der Waals surface area (Å²) in [5.74, 6) is 3.50. The Bertz CT molecular complexity index is 314. The van der Waals surface area contributed by atoms with Crippen LogP contribution < -0.4 is 5.32 Å². The molecule has 0 aromatic heterocycles. The van der Waals surface area contributed by atoms with E-state index in [2.05, 4.69) is 5.32 Å². The van der Waals surface area contributed by atoms with Gasteiger partial charge in [0, 0.05) is 25.4 Å². The van der Waals surface area contributed by atoms with Gasteiger partial charge >= 0.3 is 0 Å². The molecule has 5 rings (SSSR count). The number of hydrogen-bond donors (Lipinski definition) is 1. The lowest BCUT2D eigenvalue weighted by Gasteiger charge is -2.60. The van der Waals surface area contributed by atoms with Gasteiger partial charge in [0.15, 0.2) is 0 Å². The van der Waals surface area contributed by atoms with Crippen LogP contribution in [0.4, 0.5) is 0 Å². The summed E-state index contributed by atoms with van der Waals surface area (Å²) >= 11 is 0. The van der Waals surface area contributed by atoms with Crippen molar-refractivity contribution in [2.45, 2.75) is 57.4 Å². The van der Waals surface area contributed by atoms with Gasteiger partial charge < -0.3 is 5.32 Å². The predicted octanol–water partition coefficient (Wildman–Crippen LogP) is 2.52. The Labute approximate surface area is 104 Å². The maximum atomic E-state index is 11.7. The number of hydrogen-bond acceptors (Lipinski definition) is 2. The fourth-order valence-electron chi connectivity index (χ4n) is 5.83. The Morgan fingerprint density at radius 2 is 1.59 bits per heavy atom. The molecular weight excluding hydrogens is 210 g/mol. The molecule has 0 aromatic carbocycles. The molecule has 4 aliphatic carbocycles. The summed E-state index contributed by atoms with van der Waals surface area (Å²) in [6.45, 7) is 0.936. The molecule has 5 fully saturated rings. The average molecular weight is 233 g/mol. The zero-order chi connectivity index (χ0) is 11.5. The van der Waals surface area contributed by atoms with Crippen LogP contribution >= 0.6 is 0 Å². The minimum Gasteiger partial charge on any atom is -0.313 e. The zero-order valence-electron chi connectivity index (χ0n) is 10.6. The average Bonchev–Trinajstić information content (AvgIpc) is 2.27. The molecule has 5 aliphatic rings. The van der Waals surface area contributed by atoms with Crippen molar-refractivity contribution in [3.63, 3.8) is 0 Å². The third kappa shape index (κ3) is 1.60. The largest absolute Gasteiger partial charge is 0.313 e. The van der Waals surface area contributed by atoms with Gasteiger partial charge in [-0.3, -0.25) is 4.79 Å². The SMILES string of the molecule is O=C1CCNC(C23CC4CC(CC(C4)C2)C3)C1. The van der Waals surface area contributed by atoms with E-state index in [4.69, 9.17) is 0 Å². The van der Waals surface area contributed by atoms with Crippen molar-refractivity contribution in [3.8, 4) is 0 Å². The molecule has 0 aromatic rings. The van der Waals surface area contributed by atoms with Crippen molar-refractivity contribution < 1.29 is 4.79 Å². The van der Waals surface area contributed by atoms with E-state index >= 15 is 0 Å². The highest BCUT2D eigenvalue weighted by atomic mass is 16.1. The smallest absolute Gasteiger partial charge is 0.135 e. The van der Waals surface area contributed by atoms with Crippen LogP contribution in [0.2, 0.25) is 0 Å². The van der Waals surface area contributed by atoms with E-state index in [9.17, 15) is 4.79 Å². The van der Waals surface area contributed by atoms with E-state index in [0.29, 0.717) is 17.2 Å². The number of ketones is 1. The standard InChI is InChI=1S/C15H23NO/c17-13-1-2-16-14(6-13)15-7-10-3-11(8-15)5-12(4-10)9-15/h10-12,14,16H,1-9H2. The maximum Gasteiger partial charge on any atom is 0.135 e. The second-order valence-corrected chi connectivity index (χ2v) is 7.28. The molecule has 1 aliphatic heterocycles. The molecule has 1 heterocycles. The van der Waals surface area contributed by atoms with E-state index in [1.807, 2.05) is 0 Å². The summed E-state index contributed by atoms with van der Waals surface area (Å²) in [5, 5.41) is 3.69. The lowest BCUT2D eigenvalue weighted by molar-refractivity contribution is -0.126. The number of carbonyl (C=O) groups is 1. The van der Waals surface area contributed by atoms with Gasteiger partial charge in [0.2, 0.25) is 0 Å². The fraction of sp³-hybridized carbons (Fsp3) is 0.933. The molecule has 1 atom stereocenters. The first-order valence-electron chi connectivity index (χ1n) is 7.49.